The van der Waals surface area contributed by atoms with Gasteiger partial charge in [0.05, 0.1) is 20.8 Å². The van der Waals surface area contributed by atoms with Gasteiger partial charge in [0.2, 0.25) is 0 Å². The highest BCUT2D eigenvalue weighted by Crippen LogP contribution is 2.33. The number of anilines is 1. The standard InChI is InChI=1S/C21H29N3O2/c1-6-15-8-7-9-17(12-15)24-20(22)23-14-21(2,3)16-10-11-18(25-4)19(13-16)26-5/h7-13H,6,14H2,1-5H3,(H3,22,23,24). The van der Waals surface area contributed by atoms with Crippen LogP contribution in [0.3, 0.4) is 0 Å². The van der Waals surface area contributed by atoms with Gasteiger partial charge in [-0.15, -0.1) is 0 Å². The van der Waals surface area contributed by atoms with Gasteiger partial charge in [-0.2, -0.15) is 0 Å². The molecule has 140 valence electrons. The Labute approximate surface area is 156 Å². The van der Waals surface area contributed by atoms with Crippen molar-refractivity contribution in [1.82, 2.24) is 0 Å². The molecule has 0 bridgehead atoms. The molecule has 0 fully saturated rings. The lowest BCUT2D eigenvalue weighted by atomic mass is 9.84. The molecule has 0 spiro atoms. The zero-order valence-corrected chi connectivity index (χ0v) is 16.3. The quantitative estimate of drug-likeness (QED) is 0.582. The maximum Gasteiger partial charge on any atom is 0.193 e. The monoisotopic (exact) mass is 355 g/mol. The Kier molecular flexibility index (Phi) is 6.50. The smallest absolute Gasteiger partial charge is 0.193 e. The summed E-state index contributed by atoms with van der Waals surface area (Å²) in [5.41, 5.74) is 9.20. The van der Waals surface area contributed by atoms with Gasteiger partial charge in [0.15, 0.2) is 17.5 Å². The van der Waals surface area contributed by atoms with Crippen LogP contribution in [0.2, 0.25) is 0 Å². The molecule has 0 radical (unpaired) electrons. The predicted octanol–water partition coefficient (Wildman–Crippen LogP) is 3.97. The molecular weight excluding hydrogens is 326 g/mol. The minimum absolute atomic E-state index is 0.197. The van der Waals surface area contributed by atoms with Crippen molar-refractivity contribution in [3.8, 4) is 11.5 Å². The lowest BCUT2D eigenvalue weighted by molar-refractivity contribution is 0.353. The fourth-order valence-corrected chi connectivity index (χ4v) is 2.69. The predicted molar refractivity (Wildman–Crippen MR) is 109 cm³/mol. The minimum atomic E-state index is -0.197. The van der Waals surface area contributed by atoms with E-state index in [9.17, 15) is 0 Å². The third kappa shape index (κ3) is 4.91. The third-order valence-electron chi connectivity index (χ3n) is 4.42. The Morgan fingerprint density at radius 3 is 2.46 bits per heavy atom. The van der Waals surface area contributed by atoms with Gasteiger partial charge in [-0.3, -0.25) is 4.99 Å². The van der Waals surface area contributed by atoms with Crippen molar-refractivity contribution in [3.05, 3.63) is 53.6 Å². The Hall–Kier alpha value is -2.69. The summed E-state index contributed by atoms with van der Waals surface area (Å²) < 4.78 is 10.7. The van der Waals surface area contributed by atoms with Crippen LogP contribution < -0.4 is 20.5 Å². The van der Waals surface area contributed by atoms with Gasteiger partial charge in [-0.1, -0.05) is 39.0 Å². The van der Waals surface area contributed by atoms with Gasteiger partial charge in [-0.25, -0.2) is 0 Å². The number of benzene rings is 2. The normalized spacial score (nSPS) is 12.0. The summed E-state index contributed by atoms with van der Waals surface area (Å²) in [5, 5.41) is 3.16. The van der Waals surface area contributed by atoms with Crippen molar-refractivity contribution in [2.45, 2.75) is 32.6 Å². The topological polar surface area (TPSA) is 68.9 Å². The highest BCUT2D eigenvalue weighted by molar-refractivity contribution is 5.92. The second-order valence-corrected chi connectivity index (χ2v) is 6.83. The average Bonchev–Trinajstić information content (AvgIpc) is 2.66. The van der Waals surface area contributed by atoms with Crippen LogP contribution in [0.15, 0.2) is 47.5 Å². The first-order valence-corrected chi connectivity index (χ1v) is 8.78. The zero-order chi connectivity index (χ0) is 19.2. The molecule has 5 heteroatoms. The number of hydrogen-bond acceptors (Lipinski definition) is 3. The zero-order valence-electron chi connectivity index (χ0n) is 16.3. The maximum atomic E-state index is 6.08. The number of nitrogens with one attached hydrogen (secondary N) is 1. The first-order valence-electron chi connectivity index (χ1n) is 8.78. The summed E-state index contributed by atoms with van der Waals surface area (Å²) in [6.45, 7) is 6.93. The van der Waals surface area contributed by atoms with Gasteiger partial charge in [0, 0.05) is 11.1 Å². The molecule has 2 aromatic rings. The van der Waals surface area contributed by atoms with Crippen LogP contribution in [0.25, 0.3) is 0 Å². The van der Waals surface area contributed by atoms with Crippen LogP contribution in [0.5, 0.6) is 11.5 Å². The van der Waals surface area contributed by atoms with E-state index < -0.39 is 0 Å². The first kappa shape index (κ1) is 19.6. The van der Waals surface area contributed by atoms with E-state index in [4.69, 9.17) is 15.2 Å². The maximum absolute atomic E-state index is 6.08. The number of nitrogens with two attached hydrogens (primary N) is 1. The van der Waals surface area contributed by atoms with E-state index >= 15 is 0 Å². The Morgan fingerprint density at radius 2 is 1.81 bits per heavy atom. The van der Waals surface area contributed by atoms with Gasteiger partial charge in [0.25, 0.3) is 0 Å². The molecule has 3 N–H and O–H groups in total. The van der Waals surface area contributed by atoms with E-state index in [1.165, 1.54) is 5.56 Å². The van der Waals surface area contributed by atoms with E-state index in [1.807, 2.05) is 30.3 Å². The summed E-state index contributed by atoms with van der Waals surface area (Å²) in [4.78, 5) is 4.53. The molecule has 2 rings (SSSR count). The van der Waals surface area contributed by atoms with E-state index in [0.29, 0.717) is 24.0 Å². The number of hydrogen-bond donors (Lipinski definition) is 2. The molecule has 0 saturated carbocycles. The van der Waals surface area contributed by atoms with E-state index in [2.05, 4.69) is 43.2 Å². The largest absolute Gasteiger partial charge is 0.493 e. The number of aliphatic imine (C=N–C) groups is 1. The Bertz CT molecular complexity index is 770. The summed E-state index contributed by atoms with van der Waals surface area (Å²) in [5.74, 6) is 1.84. The molecule has 2 aromatic carbocycles. The van der Waals surface area contributed by atoms with Crippen molar-refractivity contribution in [2.24, 2.45) is 10.7 Å². The van der Waals surface area contributed by atoms with Gasteiger partial charge in [0.1, 0.15) is 0 Å². The van der Waals surface area contributed by atoms with Crippen LogP contribution in [0.1, 0.15) is 31.9 Å². The van der Waals surface area contributed by atoms with E-state index in [1.54, 1.807) is 14.2 Å². The minimum Gasteiger partial charge on any atom is -0.493 e. The number of rotatable bonds is 7. The molecule has 0 aliphatic carbocycles. The van der Waals surface area contributed by atoms with Crippen molar-refractivity contribution >= 4 is 11.6 Å². The molecule has 26 heavy (non-hydrogen) atoms. The fourth-order valence-electron chi connectivity index (χ4n) is 2.69. The van der Waals surface area contributed by atoms with Crippen molar-refractivity contribution in [1.29, 1.82) is 0 Å². The molecule has 0 aliphatic heterocycles. The molecule has 0 aliphatic rings. The molecule has 0 heterocycles. The first-order chi connectivity index (χ1) is 12.4. The number of aryl methyl sites for hydroxylation is 1. The number of guanidine groups is 1. The van der Waals surface area contributed by atoms with Gasteiger partial charge in [-0.05, 0) is 41.8 Å². The van der Waals surface area contributed by atoms with Crippen molar-refractivity contribution in [3.63, 3.8) is 0 Å². The molecule has 0 atom stereocenters. The number of nitrogens with zero attached hydrogens (tertiary/aromatic N) is 1. The lowest BCUT2D eigenvalue weighted by Gasteiger charge is -2.24. The van der Waals surface area contributed by atoms with Crippen LogP contribution >= 0.6 is 0 Å². The number of methoxy groups -OCH3 is 2. The van der Waals surface area contributed by atoms with E-state index in [-0.39, 0.29) is 5.41 Å². The summed E-state index contributed by atoms with van der Waals surface area (Å²) in [6.07, 6.45) is 0.985. The van der Waals surface area contributed by atoms with Crippen molar-refractivity contribution < 1.29 is 9.47 Å². The Balaban J connectivity index is 2.11. The second kappa shape index (κ2) is 8.61. The summed E-state index contributed by atoms with van der Waals surface area (Å²) >= 11 is 0. The molecule has 0 unspecified atom stereocenters. The summed E-state index contributed by atoms with van der Waals surface area (Å²) in [6, 6.07) is 14.1. The van der Waals surface area contributed by atoms with Crippen LogP contribution in [0.4, 0.5) is 5.69 Å². The molecule has 0 amide bonds. The van der Waals surface area contributed by atoms with Crippen LogP contribution in [-0.4, -0.2) is 26.7 Å². The lowest BCUT2D eigenvalue weighted by Crippen LogP contribution is -2.27. The SMILES string of the molecule is CCc1cccc(NC(N)=NCC(C)(C)c2ccc(OC)c(OC)c2)c1. The molecular formula is C21H29N3O2. The van der Waals surface area contributed by atoms with Crippen molar-refractivity contribution in [2.75, 3.05) is 26.1 Å². The molecule has 5 nitrogen and oxygen atoms in total. The number of ether oxygens (including phenoxy) is 2. The summed E-state index contributed by atoms with van der Waals surface area (Å²) in [7, 11) is 3.27. The second-order valence-electron chi connectivity index (χ2n) is 6.83. The van der Waals surface area contributed by atoms with Gasteiger partial charge < -0.3 is 20.5 Å². The van der Waals surface area contributed by atoms with Crippen LogP contribution in [0, 0.1) is 0 Å². The molecule has 0 saturated heterocycles. The highest BCUT2D eigenvalue weighted by Gasteiger charge is 2.22. The Morgan fingerprint density at radius 1 is 1.08 bits per heavy atom. The van der Waals surface area contributed by atoms with E-state index in [0.717, 1.165) is 17.7 Å². The fraction of sp³-hybridized carbons (Fsp3) is 0.381. The van der Waals surface area contributed by atoms with Crippen LogP contribution in [-0.2, 0) is 11.8 Å². The molecule has 0 aromatic heterocycles. The average molecular weight is 355 g/mol. The highest BCUT2D eigenvalue weighted by atomic mass is 16.5. The third-order valence-corrected chi connectivity index (χ3v) is 4.42. The van der Waals surface area contributed by atoms with Gasteiger partial charge >= 0.3 is 0 Å².